The highest BCUT2D eigenvalue weighted by atomic mass is 16.5. The van der Waals surface area contributed by atoms with Crippen molar-refractivity contribution in [2.75, 3.05) is 7.11 Å². The van der Waals surface area contributed by atoms with Crippen molar-refractivity contribution < 1.29 is 4.74 Å². The molecule has 0 saturated heterocycles. The Balaban J connectivity index is 1.94. The van der Waals surface area contributed by atoms with Crippen LogP contribution in [0, 0.1) is 11.8 Å². The lowest BCUT2D eigenvalue weighted by Gasteiger charge is -2.35. The topological polar surface area (TPSA) is 21.3 Å². The lowest BCUT2D eigenvalue weighted by molar-refractivity contribution is 0.216. The molecule has 1 saturated carbocycles. The average molecular weight is 261 g/mol. The Bertz CT molecular complexity index is 387. The van der Waals surface area contributed by atoms with Crippen LogP contribution in [0.5, 0.6) is 5.75 Å². The monoisotopic (exact) mass is 261 g/mol. The minimum absolute atomic E-state index is 0.409. The SMILES string of the molecule is COc1ccc([C@H](C)NC2CCC(C)CC2C)cc1. The molecule has 19 heavy (non-hydrogen) atoms. The summed E-state index contributed by atoms with van der Waals surface area (Å²) in [5, 5.41) is 3.80. The van der Waals surface area contributed by atoms with E-state index in [2.05, 4.69) is 38.2 Å². The van der Waals surface area contributed by atoms with E-state index in [0.29, 0.717) is 12.1 Å². The van der Waals surface area contributed by atoms with Gasteiger partial charge >= 0.3 is 0 Å². The molecule has 106 valence electrons. The van der Waals surface area contributed by atoms with Crippen molar-refractivity contribution in [3.8, 4) is 5.75 Å². The van der Waals surface area contributed by atoms with E-state index in [1.165, 1.54) is 24.8 Å². The van der Waals surface area contributed by atoms with Crippen molar-refractivity contribution in [1.82, 2.24) is 5.32 Å². The van der Waals surface area contributed by atoms with Gasteiger partial charge in [0.25, 0.3) is 0 Å². The molecular weight excluding hydrogens is 234 g/mol. The third kappa shape index (κ3) is 3.73. The van der Waals surface area contributed by atoms with Gasteiger partial charge in [0, 0.05) is 12.1 Å². The lowest BCUT2D eigenvalue weighted by Crippen LogP contribution is -2.40. The van der Waals surface area contributed by atoms with E-state index in [1.54, 1.807) is 7.11 Å². The van der Waals surface area contributed by atoms with Crippen molar-refractivity contribution in [2.45, 2.75) is 52.1 Å². The van der Waals surface area contributed by atoms with E-state index in [1.807, 2.05) is 12.1 Å². The smallest absolute Gasteiger partial charge is 0.118 e. The fraction of sp³-hybridized carbons (Fsp3) is 0.647. The molecule has 3 unspecified atom stereocenters. The average Bonchev–Trinajstić information content (AvgIpc) is 2.42. The maximum absolute atomic E-state index is 5.21. The zero-order valence-electron chi connectivity index (χ0n) is 12.6. The van der Waals surface area contributed by atoms with E-state index in [0.717, 1.165) is 17.6 Å². The van der Waals surface area contributed by atoms with Crippen LogP contribution < -0.4 is 10.1 Å². The number of hydrogen-bond donors (Lipinski definition) is 1. The molecule has 1 fully saturated rings. The first-order valence-electron chi connectivity index (χ1n) is 7.50. The standard InChI is InChI=1S/C17H27NO/c1-12-5-10-17(13(2)11-12)18-14(3)15-6-8-16(19-4)9-7-15/h6-9,12-14,17-18H,5,10-11H2,1-4H3/t12?,13?,14-,17?/m0/s1. The van der Waals surface area contributed by atoms with Gasteiger partial charge in [-0.2, -0.15) is 0 Å². The van der Waals surface area contributed by atoms with Crippen LogP contribution >= 0.6 is 0 Å². The highest BCUT2D eigenvalue weighted by molar-refractivity contribution is 5.28. The summed E-state index contributed by atoms with van der Waals surface area (Å²) in [5.41, 5.74) is 1.34. The van der Waals surface area contributed by atoms with E-state index < -0.39 is 0 Å². The Kier molecular flexibility index (Phi) is 4.87. The normalized spacial score (nSPS) is 28.9. The second-order valence-corrected chi connectivity index (χ2v) is 6.16. The summed E-state index contributed by atoms with van der Waals surface area (Å²) in [6.07, 6.45) is 4.02. The molecule has 1 N–H and O–H groups in total. The van der Waals surface area contributed by atoms with Crippen molar-refractivity contribution >= 4 is 0 Å². The molecule has 2 nitrogen and oxygen atoms in total. The predicted molar refractivity (Wildman–Crippen MR) is 80.5 cm³/mol. The second-order valence-electron chi connectivity index (χ2n) is 6.16. The first-order valence-corrected chi connectivity index (χ1v) is 7.50. The van der Waals surface area contributed by atoms with Crippen molar-refractivity contribution in [2.24, 2.45) is 11.8 Å². The first-order chi connectivity index (χ1) is 9.10. The summed E-state index contributed by atoms with van der Waals surface area (Å²) in [6, 6.07) is 9.47. The summed E-state index contributed by atoms with van der Waals surface area (Å²) in [6.45, 7) is 7.01. The van der Waals surface area contributed by atoms with Crippen LogP contribution in [0.3, 0.4) is 0 Å². The molecule has 1 aliphatic rings. The summed E-state index contributed by atoms with van der Waals surface area (Å²) in [5.74, 6) is 2.60. The molecule has 1 aromatic carbocycles. The van der Waals surface area contributed by atoms with Gasteiger partial charge in [0.05, 0.1) is 7.11 Å². The molecule has 0 aliphatic heterocycles. The van der Waals surface area contributed by atoms with Crippen molar-refractivity contribution in [3.63, 3.8) is 0 Å². The zero-order valence-corrected chi connectivity index (χ0v) is 12.6. The molecule has 0 heterocycles. The van der Waals surface area contributed by atoms with Crippen LogP contribution in [-0.2, 0) is 0 Å². The fourth-order valence-corrected chi connectivity index (χ4v) is 3.22. The highest BCUT2D eigenvalue weighted by Gasteiger charge is 2.26. The molecule has 4 atom stereocenters. The molecular formula is C17H27NO. The summed E-state index contributed by atoms with van der Waals surface area (Å²) < 4.78 is 5.21. The molecule has 0 aromatic heterocycles. The van der Waals surface area contributed by atoms with Gasteiger partial charge in [0.15, 0.2) is 0 Å². The zero-order chi connectivity index (χ0) is 13.8. The van der Waals surface area contributed by atoms with Gasteiger partial charge in [-0.25, -0.2) is 0 Å². The number of rotatable bonds is 4. The van der Waals surface area contributed by atoms with Gasteiger partial charge in [-0.15, -0.1) is 0 Å². The number of methoxy groups -OCH3 is 1. The van der Waals surface area contributed by atoms with Crippen LogP contribution in [0.4, 0.5) is 0 Å². The number of hydrogen-bond acceptors (Lipinski definition) is 2. The maximum Gasteiger partial charge on any atom is 0.118 e. The van der Waals surface area contributed by atoms with Gasteiger partial charge in [0.1, 0.15) is 5.75 Å². The molecule has 2 heteroatoms. The van der Waals surface area contributed by atoms with Gasteiger partial charge in [-0.3, -0.25) is 0 Å². The number of nitrogens with one attached hydrogen (secondary N) is 1. The Hall–Kier alpha value is -1.02. The summed E-state index contributed by atoms with van der Waals surface area (Å²) in [7, 11) is 1.71. The molecule has 0 bridgehead atoms. The molecule has 1 aliphatic carbocycles. The van der Waals surface area contributed by atoms with Gasteiger partial charge in [0.2, 0.25) is 0 Å². The summed E-state index contributed by atoms with van der Waals surface area (Å²) in [4.78, 5) is 0. The van der Waals surface area contributed by atoms with Crippen LogP contribution in [0.25, 0.3) is 0 Å². The lowest BCUT2D eigenvalue weighted by atomic mass is 9.79. The van der Waals surface area contributed by atoms with Crippen LogP contribution in [-0.4, -0.2) is 13.2 Å². The van der Waals surface area contributed by atoms with E-state index >= 15 is 0 Å². The third-order valence-corrected chi connectivity index (χ3v) is 4.51. The van der Waals surface area contributed by atoms with E-state index in [9.17, 15) is 0 Å². The predicted octanol–water partition coefficient (Wildman–Crippen LogP) is 4.17. The van der Waals surface area contributed by atoms with Crippen LogP contribution in [0.15, 0.2) is 24.3 Å². The highest BCUT2D eigenvalue weighted by Crippen LogP contribution is 2.30. The number of ether oxygens (including phenoxy) is 1. The number of benzene rings is 1. The Labute approximate surface area is 117 Å². The van der Waals surface area contributed by atoms with E-state index in [-0.39, 0.29) is 0 Å². The third-order valence-electron chi connectivity index (χ3n) is 4.51. The quantitative estimate of drug-likeness (QED) is 0.878. The molecule has 2 rings (SSSR count). The molecule has 0 spiro atoms. The molecule has 1 aromatic rings. The van der Waals surface area contributed by atoms with Gasteiger partial charge in [-0.1, -0.05) is 26.0 Å². The fourth-order valence-electron chi connectivity index (χ4n) is 3.22. The van der Waals surface area contributed by atoms with Crippen molar-refractivity contribution in [1.29, 1.82) is 0 Å². The Morgan fingerprint density at radius 1 is 1.16 bits per heavy atom. The second kappa shape index (κ2) is 6.42. The summed E-state index contributed by atoms with van der Waals surface area (Å²) >= 11 is 0. The first kappa shape index (κ1) is 14.4. The van der Waals surface area contributed by atoms with E-state index in [4.69, 9.17) is 4.74 Å². The largest absolute Gasteiger partial charge is 0.497 e. The minimum Gasteiger partial charge on any atom is -0.497 e. The van der Waals surface area contributed by atoms with Crippen LogP contribution in [0.2, 0.25) is 0 Å². The van der Waals surface area contributed by atoms with Gasteiger partial charge < -0.3 is 10.1 Å². The molecule has 0 amide bonds. The molecule has 0 radical (unpaired) electrons. The van der Waals surface area contributed by atoms with Crippen molar-refractivity contribution in [3.05, 3.63) is 29.8 Å². The maximum atomic E-state index is 5.21. The Morgan fingerprint density at radius 3 is 2.42 bits per heavy atom. The van der Waals surface area contributed by atoms with Gasteiger partial charge in [-0.05, 0) is 55.7 Å². The van der Waals surface area contributed by atoms with Crippen LogP contribution in [0.1, 0.15) is 51.6 Å². The minimum atomic E-state index is 0.409. The Morgan fingerprint density at radius 2 is 1.84 bits per heavy atom.